The summed E-state index contributed by atoms with van der Waals surface area (Å²) in [5.41, 5.74) is 0. The molecule has 2 rings (SSSR count). The van der Waals surface area contributed by atoms with Crippen LogP contribution in [0.15, 0.2) is 17.5 Å². The molecule has 0 radical (unpaired) electrons. The first kappa shape index (κ1) is 7.28. The van der Waals surface area contributed by atoms with E-state index in [4.69, 9.17) is 0 Å². The molecule has 0 aromatic carbocycles. The monoisotopic (exact) mass is 169 g/mol. The molecule has 1 aliphatic rings. The van der Waals surface area contributed by atoms with E-state index >= 15 is 0 Å². The molecule has 1 saturated heterocycles. The quantitative estimate of drug-likeness (QED) is 0.661. The first-order chi connectivity index (χ1) is 5.38. The van der Waals surface area contributed by atoms with E-state index in [9.17, 15) is 5.11 Å². The summed E-state index contributed by atoms with van der Waals surface area (Å²) in [5.74, 6) is 0. The van der Waals surface area contributed by atoms with Crippen molar-refractivity contribution in [1.82, 2.24) is 5.32 Å². The van der Waals surface area contributed by atoms with Crippen LogP contribution in [0.3, 0.4) is 0 Å². The van der Waals surface area contributed by atoms with Crippen LogP contribution in [0, 0.1) is 0 Å². The number of thiophene rings is 1. The SMILES string of the molecule is OC1CCNC1c1cccs1. The molecule has 0 spiro atoms. The third-order valence-corrected chi connectivity index (χ3v) is 2.99. The summed E-state index contributed by atoms with van der Waals surface area (Å²) in [6.45, 7) is 0.934. The number of aliphatic hydroxyl groups excluding tert-OH is 1. The average molecular weight is 169 g/mol. The fourth-order valence-electron chi connectivity index (χ4n) is 1.45. The Morgan fingerprint density at radius 3 is 3.09 bits per heavy atom. The summed E-state index contributed by atoms with van der Waals surface area (Å²) in [6, 6.07) is 4.28. The lowest BCUT2D eigenvalue weighted by atomic mass is 10.1. The molecule has 0 aliphatic carbocycles. The van der Waals surface area contributed by atoms with Crippen LogP contribution in [-0.2, 0) is 0 Å². The second-order valence-electron chi connectivity index (χ2n) is 2.80. The van der Waals surface area contributed by atoms with Gasteiger partial charge in [-0.3, -0.25) is 0 Å². The summed E-state index contributed by atoms with van der Waals surface area (Å²) in [5, 5.41) is 14.8. The highest BCUT2D eigenvalue weighted by atomic mass is 32.1. The van der Waals surface area contributed by atoms with Crippen LogP contribution < -0.4 is 5.32 Å². The standard InChI is InChI=1S/C8H11NOS/c10-6-3-4-9-8(6)7-2-1-5-11-7/h1-2,5-6,8-10H,3-4H2. The molecule has 1 fully saturated rings. The fraction of sp³-hybridized carbons (Fsp3) is 0.500. The van der Waals surface area contributed by atoms with Gasteiger partial charge in [0.15, 0.2) is 0 Å². The van der Waals surface area contributed by atoms with Gasteiger partial charge in [-0.25, -0.2) is 0 Å². The van der Waals surface area contributed by atoms with Gasteiger partial charge in [-0.2, -0.15) is 0 Å². The zero-order valence-corrected chi connectivity index (χ0v) is 6.97. The minimum absolute atomic E-state index is 0.186. The van der Waals surface area contributed by atoms with Gasteiger partial charge in [0.05, 0.1) is 12.1 Å². The van der Waals surface area contributed by atoms with Gasteiger partial charge in [0.2, 0.25) is 0 Å². The summed E-state index contributed by atoms with van der Waals surface area (Å²) >= 11 is 1.70. The lowest BCUT2D eigenvalue weighted by Gasteiger charge is -2.11. The van der Waals surface area contributed by atoms with Gasteiger partial charge in [-0.05, 0) is 24.4 Å². The van der Waals surface area contributed by atoms with Crippen molar-refractivity contribution in [3.8, 4) is 0 Å². The van der Waals surface area contributed by atoms with E-state index in [0.29, 0.717) is 0 Å². The van der Waals surface area contributed by atoms with Crippen molar-refractivity contribution < 1.29 is 5.11 Å². The van der Waals surface area contributed by atoms with Gasteiger partial charge in [0.1, 0.15) is 0 Å². The van der Waals surface area contributed by atoms with Crippen LogP contribution in [0.2, 0.25) is 0 Å². The number of hydrogen-bond acceptors (Lipinski definition) is 3. The van der Waals surface area contributed by atoms with Gasteiger partial charge < -0.3 is 10.4 Å². The highest BCUT2D eigenvalue weighted by Crippen LogP contribution is 2.26. The third kappa shape index (κ3) is 1.31. The molecular weight excluding hydrogens is 158 g/mol. The molecule has 1 aromatic heterocycles. The van der Waals surface area contributed by atoms with Crippen molar-refractivity contribution in [1.29, 1.82) is 0 Å². The van der Waals surface area contributed by atoms with Gasteiger partial charge in [-0.1, -0.05) is 6.07 Å². The van der Waals surface area contributed by atoms with Crippen LogP contribution in [0.1, 0.15) is 17.3 Å². The molecule has 0 saturated carbocycles. The van der Waals surface area contributed by atoms with Crippen molar-refractivity contribution in [3.05, 3.63) is 22.4 Å². The number of nitrogens with one attached hydrogen (secondary N) is 1. The Hall–Kier alpha value is -0.380. The van der Waals surface area contributed by atoms with Crippen molar-refractivity contribution in [2.45, 2.75) is 18.6 Å². The molecular formula is C8H11NOS. The van der Waals surface area contributed by atoms with E-state index in [1.54, 1.807) is 11.3 Å². The van der Waals surface area contributed by atoms with Gasteiger partial charge in [0.25, 0.3) is 0 Å². The van der Waals surface area contributed by atoms with E-state index in [1.165, 1.54) is 4.88 Å². The molecule has 2 N–H and O–H groups in total. The van der Waals surface area contributed by atoms with Crippen LogP contribution in [-0.4, -0.2) is 17.8 Å². The number of rotatable bonds is 1. The Bertz CT molecular complexity index is 222. The molecule has 0 amide bonds. The molecule has 60 valence electrons. The zero-order chi connectivity index (χ0) is 7.68. The molecule has 3 heteroatoms. The van der Waals surface area contributed by atoms with E-state index in [1.807, 2.05) is 11.4 Å². The molecule has 2 atom stereocenters. The summed E-state index contributed by atoms with van der Waals surface area (Å²) in [6.07, 6.45) is 0.691. The van der Waals surface area contributed by atoms with E-state index in [0.717, 1.165) is 13.0 Å². The van der Waals surface area contributed by atoms with Crippen LogP contribution in [0.5, 0.6) is 0 Å². The smallest absolute Gasteiger partial charge is 0.0755 e. The van der Waals surface area contributed by atoms with E-state index in [-0.39, 0.29) is 12.1 Å². The third-order valence-electron chi connectivity index (χ3n) is 2.04. The molecule has 1 aromatic rings. The minimum atomic E-state index is -0.186. The fourth-order valence-corrected chi connectivity index (χ4v) is 2.31. The molecule has 2 unspecified atom stereocenters. The van der Waals surface area contributed by atoms with Gasteiger partial charge >= 0.3 is 0 Å². The average Bonchev–Trinajstić information content (AvgIpc) is 2.55. The second-order valence-corrected chi connectivity index (χ2v) is 3.78. The largest absolute Gasteiger partial charge is 0.391 e. The first-order valence-electron chi connectivity index (χ1n) is 3.83. The van der Waals surface area contributed by atoms with Crippen LogP contribution >= 0.6 is 11.3 Å². The van der Waals surface area contributed by atoms with E-state index in [2.05, 4.69) is 11.4 Å². The second kappa shape index (κ2) is 2.93. The summed E-state index contributed by atoms with van der Waals surface area (Å²) in [4.78, 5) is 1.25. The maximum Gasteiger partial charge on any atom is 0.0755 e. The lowest BCUT2D eigenvalue weighted by molar-refractivity contribution is 0.161. The highest BCUT2D eigenvalue weighted by molar-refractivity contribution is 7.10. The predicted octanol–water partition coefficient (Wildman–Crippen LogP) is 1.14. The highest BCUT2D eigenvalue weighted by Gasteiger charge is 2.26. The van der Waals surface area contributed by atoms with Crippen molar-refractivity contribution in [3.63, 3.8) is 0 Å². The minimum Gasteiger partial charge on any atom is -0.391 e. The zero-order valence-electron chi connectivity index (χ0n) is 6.16. The van der Waals surface area contributed by atoms with Crippen molar-refractivity contribution in [2.24, 2.45) is 0 Å². The molecule has 2 nitrogen and oxygen atoms in total. The topological polar surface area (TPSA) is 32.3 Å². The normalized spacial score (nSPS) is 31.0. The first-order valence-corrected chi connectivity index (χ1v) is 4.71. The van der Waals surface area contributed by atoms with Crippen molar-refractivity contribution in [2.75, 3.05) is 6.54 Å². The Kier molecular flexibility index (Phi) is 1.94. The molecule has 11 heavy (non-hydrogen) atoms. The Morgan fingerprint density at radius 1 is 1.64 bits per heavy atom. The maximum atomic E-state index is 9.50. The van der Waals surface area contributed by atoms with E-state index < -0.39 is 0 Å². The molecule has 1 aliphatic heterocycles. The summed E-state index contributed by atoms with van der Waals surface area (Å²) < 4.78 is 0. The number of aliphatic hydroxyl groups is 1. The van der Waals surface area contributed by atoms with Gasteiger partial charge in [0, 0.05) is 4.88 Å². The number of hydrogen-bond donors (Lipinski definition) is 2. The van der Waals surface area contributed by atoms with Crippen LogP contribution in [0.4, 0.5) is 0 Å². The molecule has 2 heterocycles. The Balaban J connectivity index is 2.16. The summed E-state index contributed by atoms with van der Waals surface area (Å²) in [7, 11) is 0. The van der Waals surface area contributed by atoms with Gasteiger partial charge in [-0.15, -0.1) is 11.3 Å². The lowest BCUT2D eigenvalue weighted by Crippen LogP contribution is -2.19. The molecule has 0 bridgehead atoms. The maximum absolute atomic E-state index is 9.50. The Labute approximate surface area is 69.9 Å². The Morgan fingerprint density at radius 2 is 2.55 bits per heavy atom. The predicted molar refractivity (Wildman–Crippen MR) is 45.7 cm³/mol. The van der Waals surface area contributed by atoms with Crippen molar-refractivity contribution >= 4 is 11.3 Å². The van der Waals surface area contributed by atoms with Crippen LogP contribution in [0.25, 0.3) is 0 Å².